The fourth-order valence-corrected chi connectivity index (χ4v) is 1.17. The third-order valence-electron chi connectivity index (χ3n) is 0.697. The molecule has 0 rings (SSSR count). The van der Waals surface area contributed by atoms with E-state index in [0.717, 1.165) is 0 Å². The summed E-state index contributed by atoms with van der Waals surface area (Å²) in [5.41, 5.74) is 0. The molecule has 0 unspecified atom stereocenters. The maximum absolute atomic E-state index is 8.74. The molecule has 0 atom stereocenters. The van der Waals surface area contributed by atoms with Gasteiger partial charge in [-0.2, -0.15) is 11.8 Å². The molecule has 4 nitrogen and oxygen atoms in total. The van der Waals surface area contributed by atoms with Crippen LogP contribution in [0.2, 0.25) is 0 Å². The molecule has 13 heavy (non-hydrogen) atoms. The van der Waals surface area contributed by atoms with Gasteiger partial charge in [-0.05, 0) is 24.3 Å². The molecular formula is C6H20NaO4PS. The van der Waals surface area contributed by atoms with Gasteiger partial charge < -0.3 is 15.3 Å². The van der Waals surface area contributed by atoms with E-state index in [1.165, 1.54) is 24.3 Å². The Morgan fingerprint density at radius 1 is 1.15 bits per heavy atom. The van der Waals surface area contributed by atoms with E-state index >= 15 is 0 Å². The molecule has 0 aromatic carbocycles. The fraction of sp³-hybridized carbons (Fsp3) is 1.00. The average molecular weight is 242 g/mol. The van der Waals surface area contributed by atoms with Crippen LogP contribution in [0.3, 0.4) is 0 Å². The molecule has 7 heteroatoms. The summed E-state index contributed by atoms with van der Waals surface area (Å²) in [4.78, 5) is 14.3. The molecule has 0 heterocycles. The van der Waals surface area contributed by atoms with Crippen LogP contribution in [0.5, 0.6) is 0 Å². The molecule has 0 amide bonds. The van der Waals surface area contributed by atoms with Gasteiger partial charge in [-0.15, -0.1) is 0 Å². The van der Waals surface area contributed by atoms with E-state index < -0.39 is 8.25 Å². The van der Waals surface area contributed by atoms with E-state index in [-0.39, 0.29) is 35.0 Å². The van der Waals surface area contributed by atoms with Crippen LogP contribution in [0.4, 0.5) is 0 Å². The molecule has 0 aromatic heterocycles. The zero-order valence-electron chi connectivity index (χ0n) is 7.54. The van der Waals surface area contributed by atoms with Gasteiger partial charge in [0, 0.05) is 0 Å². The van der Waals surface area contributed by atoms with Gasteiger partial charge in [0.15, 0.2) is 0 Å². The van der Waals surface area contributed by atoms with Gasteiger partial charge in [-0.3, -0.25) is 4.57 Å². The van der Waals surface area contributed by atoms with Crippen molar-refractivity contribution >= 4 is 49.6 Å². The predicted octanol–water partition coefficient (Wildman–Crippen LogP) is 0.427. The maximum atomic E-state index is 8.74. The van der Waals surface area contributed by atoms with Crippen molar-refractivity contribution in [3.8, 4) is 0 Å². The Bertz CT molecular complexity index is 88.7. The van der Waals surface area contributed by atoms with Crippen molar-refractivity contribution in [2.45, 2.75) is 26.7 Å². The van der Waals surface area contributed by atoms with Gasteiger partial charge in [0.2, 0.25) is 0 Å². The van der Waals surface area contributed by atoms with Gasteiger partial charge in [0.05, 0.1) is 0 Å². The van der Waals surface area contributed by atoms with Crippen LogP contribution in [0.1, 0.15) is 26.7 Å². The Morgan fingerprint density at radius 2 is 1.38 bits per heavy atom. The van der Waals surface area contributed by atoms with Crippen molar-refractivity contribution in [3.63, 3.8) is 0 Å². The zero-order chi connectivity index (χ0) is 9.11. The number of thioether (sulfide) groups is 1. The van der Waals surface area contributed by atoms with Crippen molar-refractivity contribution in [2.24, 2.45) is 0 Å². The summed E-state index contributed by atoms with van der Waals surface area (Å²) >= 11 is 2.05. The van der Waals surface area contributed by atoms with E-state index in [9.17, 15) is 0 Å². The normalized spacial score (nSPS) is 7.77. The van der Waals surface area contributed by atoms with E-state index in [0.29, 0.717) is 0 Å². The van der Waals surface area contributed by atoms with Gasteiger partial charge in [-0.25, -0.2) is 0 Å². The zero-order valence-corrected chi connectivity index (χ0v) is 9.36. The molecule has 0 aliphatic carbocycles. The molecule has 0 aliphatic rings. The Morgan fingerprint density at radius 3 is 1.54 bits per heavy atom. The summed E-state index contributed by atoms with van der Waals surface area (Å²) < 4.78 is 8.74. The molecule has 80 valence electrons. The van der Waals surface area contributed by atoms with Crippen molar-refractivity contribution in [2.75, 3.05) is 11.5 Å². The molecule has 0 fully saturated rings. The van der Waals surface area contributed by atoms with Crippen LogP contribution in [-0.4, -0.2) is 56.3 Å². The molecule has 0 radical (unpaired) electrons. The second-order valence-corrected chi connectivity index (χ2v) is 3.68. The number of hydrogen-bond donors (Lipinski definition) is 2. The summed E-state index contributed by atoms with van der Waals surface area (Å²) in [6.07, 6.45) is 2.65. The molecule has 0 saturated carbocycles. The predicted molar refractivity (Wildman–Crippen MR) is 62.1 cm³/mol. The minimum atomic E-state index is -3.13. The molecule has 0 spiro atoms. The van der Waals surface area contributed by atoms with Crippen LogP contribution in [0, 0.1) is 0 Å². The van der Waals surface area contributed by atoms with E-state index in [2.05, 4.69) is 25.6 Å². The topological polar surface area (TPSA) is 89.0 Å². The fourth-order valence-electron chi connectivity index (χ4n) is 0.391. The standard InChI is InChI=1S/C6H14S.Na.H3O3P.H2O.H/c1-3-5-7-6-4-2;;1-4(2)3;;/h3-6H2,1-2H3;;4H,(H2,1,2,3);1H2;. The first-order valence-corrected chi connectivity index (χ1v) is 6.10. The second kappa shape index (κ2) is 23.4. The van der Waals surface area contributed by atoms with Gasteiger partial charge in [-0.1, -0.05) is 13.8 Å². The van der Waals surface area contributed by atoms with Crippen molar-refractivity contribution in [1.82, 2.24) is 0 Å². The van der Waals surface area contributed by atoms with Crippen LogP contribution in [0.15, 0.2) is 0 Å². The molecular weight excluding hydrogens is 222 g/mol. The first kappa shape index (κ1) is 23.9. The number of rotatable bonds is 4. The Hall–Kier alpha value is 1.46. The minimum absolute atomic E-state index is 0. The van der Waals surface area contributed by atoms with E-state index in [1.54, 1.807) is 0 Å². The summed E-state index contributed by atoms with van der Waals surface area (Å²) in [6.45, 7) is 4.45. The van der Waals surface area contributed by atoms with Gasteiger partial charge in [0.25, 0.3) is 0 Å². The van der Waals surface area contributed by atoms with Crippen LogP contribution in [-0.2, 0) is 4.57 Å². The summed E-state index contributed by atoms with van der Waals surface area (Å²) in [7, 11) is -3.13. The van der Waals surface area contributed by atoms with Crippen LogP contribution < -0.4 is 0 Å². The molecule has 0 bridgehead atoms. The van der Waals surface area contributed by atoms with Gasteiger partial charge >= 0.3 is 37.8 Å². The SMILES string of the molecule is CCCSCCC.O.O=[PH](O)O.[NaH]. The molecule has 4 N–H and O–H groups in total. The molecule has 0 aliphatic heterocycles. The quantitative estimate of drug-likeness (QED) is 0.425. The third-order valence-corrected chi connectivity index (χ3v) is 2.09. The van der Waals surface area contributed by atoms with Crippen LogP contribution >= 0.6 is 20.0 Å². The summed E-state index contributed by atoms with van der Waals surface area (Å²) in [5.74, 6) is 2.68. The molecule has 0 aromatic rings. The Balaban J connectivity index is -0.0000000600. The number of hydrogen-bond acceptors (Lipinski definition) is 2. The average Bonchev–Trinajstić information content (AvgIpc) is 1.88. The molecule has 0 saturated heterocycles. The summed E-state index contributed by atoms with van der Waals surface area (Å²) in [5, 5.41) is 0. The first-order chi connectivity index (χ1) is 5.15. The van der Waals surface area contributed by atoms with E-state index in [1.807, 2.05) is 0 Å². The van der Waals surface area contributed by atoms with Crippen molar-refractivity contribution in [3.05, 3.63) is 0 Å². The van der Waals surface area contributed by atoms with Crippen LogP contribution in [0.25, 0.3) is 0 Å². The monoisotopic (exact) mass is 242 g/mol. The third kappa shape index (κ3) is 59.3. The van der Waals surface area contributed by atoms with Gasteiger partial charge in [0.1, 0.15) is 0 Å². The summed E-state index contributed by atoms with van der Waals surface area (Å²) in [6, 6.07) is 0. The van der Waals surface area contributed by atoms with Crippen molar-refractivity contribution < 1.29 is 19.8 Å². The Kier molecular flexibility index (Phi) is 43.0. The van der Waals surface area contributed by atoms with Crippen molar-refractivity contribution in [1.29, 1.82) is 0 Å². The Labute approximate surface area is 107 Å². The second-order valence-electron chi connectivity index (χ2n) is 1.89. The first-order valence-electron chi connectivity index (χ1n) is 3.64. The van der Waals surface area contributed by atoms with E-state index in [4.69, 9.17) is 14.4 Å².